The van der Waals surface area contributed by atoms with Crippen molar-refractivity contribution in [2.24, 2.45) is 5.14 Å². The number of thioether (sulfide) groups is 1. The van der Waals surface area contributed by atoms with Crippen LogP contribution in [-0.4, -0.2) is 36.7 Å². The lowest BCUT2D eigenvalue weighted by Crippen LogP contribution is -2.15. The summed E-state index contributed by atoms with van der Waals surface area (Å²) in [5.74, 6) is 0.559. The predicted molar refractivity (Wildman–Crippen MR) is 133 cm³/mol. The highest BCUT2D eigenvalue weighted by Crippen LogP contribution is 2.31. The third-order valence-corrected chi connectivity index (χ3v) is 6.79. The average Bonchev–Trinajstić information content (AvgIpc) is 3.27. The van der Waals surface area contributed by atoms with E-state index in [1.807, 2.05) is 59.2 Å². The molecule has 0 radical (unpaired) electrons. The van der Waals surface area contributed by atoms with Gasteiger partial charge in [-0.15, -0.1) is 0 Å². The normalized spacial score (nSPS) is 11.2. The van der Waals surface area contributed by atoms with E-state index in [0.717, 1.165) is 16.9 Å². The third-order valence-electron chi connectivity index (χ3n) is 4.91. The molecule has 3 aromatic carbocycles. The van der Waals surface area contributed by atoms with Crippen LogP contribution in [0.5, 0.6) is 5.75 Å². The molecule has 0 spiro atoms. The molecule has 4 rings (SSSR count). The Hall–Kier alpha value is -3.60. The van der Waals surface area contributed by atoms with Crippen molar-refractivity contribution in [3.05, 3.63) is 85.1 Å². The number of ether oxygens (including phenoxy) is 1. The van der Waals surface area contributed by atoms with Gasteiger partial charge in [0, 0.05) is 17.3 Å². The van der Waals surface area contributed by atoms with Gasteiger partial charge < -0.3 is 10.1 Å². The second-order valence-corrected chi connectivity index (χ2v) is 9.74. The van der Waals surface area contributed by atoms with Crippen LogP contribution in [0.3, 0.4) is 0 Å². The third kappa shape index (κ3) is 5.48. The molecule has 34 heavy (non-hydrogen) atoms. The average molecular weight is 495 g/mol. The topological polar surface area (TPSA) is 116 Å². The molecular weight excluding hydrogens is 472 g/mol. The summed E-state index contributed by atoms with van der Waals surface area (Å²) < 4.78 is 30.1. The van der Waals surface area contributed by atoms with Crippen molar-refractivity contribution < 1.29 is 17.9 Å². The lowest BCUT2D eigenvalue weighted by Gasteiger charge is -2.13. The molecule has 10 heteroatoms. The number of nitrogens with zero attached hydrogens (tertiary/aromatic N) is 2. The highest BCUT2D eigenvalue weighted by Gasteiger charge is 2.16. The number of anilines is 1. The van der Waals surface area contributed by atoms with Crippen molar-refractivity contribution in [1.29, 1.82) is 0 Å². The molecular formula is C24H22N4O4S2. The predicted octanol–water partition coefficient (Wildman–Crippen LogP) is 3.93. The number of hydrogen-bond acceptors (Lipinski definition) is 6. The largest absolute Gasteiger partial charge is 0.497 e. The number of rotatable bonds is 8. The molecule has 0 saturated heterocycles. The summed E-state index contributed by atoms with van der Waals surface area (Å²) in [4.78, 5) is 17.1. The van der Waals surface area contributed by atoms with Gasteiger partial charge in [0.1, 0.15) is 5.75 Å². The van der Waals surface area contributed by atoms with Crippen LogP contribution in [0, 0.1) is 0 Å². The van der Waals surface area contributed by atoms with E-state index in [4.69, 9.17) is 9.88 Å². The molecule has 1 aromatic heterocycles. The molecule has 0 aliphatic carbocycles. The smallest absolute Gasteiger partial charge is 0.238 e. The first-order chi connectivity index (χ1) is 16.3. The van der Waals surface area contributed by atoms with E-state index < -0.39 is 10.0 Å². The number of imidazole rings is 1. The lowest BCUT2D eigenvalue weighted by atomic mass is 10.1. The number of methoxy groups -OCH3 is 1. The summed E-state index contributed by atoms with van der Waals surface area (Å²) in [5, 5.41) is 8.51. The number of benzene rings is 3. The number of amides is 1. The van der Waals surface area contributed by atoms with E-state index in [2.05, 4.69) is 10.3 Å². The Labute approximate surface area is 201 Å². The first-order valence-corrected chi connectivity index (χ1v) is 12.7. The number of aromatic nitrogens is 2. The molecule has 3 N–H and O–H groups in total. The SMILES string of the molecule is COc1cccc(-n2c(-c3ccccc3)cnc2SCC(=O)Nc2ccc(S(N)(=O)=O)cc2)c1. The molecule has 0 bridgehead atoms. The number of primary sulfonamides is 1. The van der Waals surface area contributed by atoms with Crippen molar-refractivity contribution >= 4 is 33.4 Å². The fourth-order valence-electron chi connectivity index (χ4n) is 3.30. The van der Waals surface area contributed by atoms with Gasteiger partial charge in [0.05, 0.1) is 35.3 Å². The highest BCUT2D eigenvalue weighted by molar-refractivity contribution is 7.99. The van der Waals surface area contributed by atoms with Crippen molar-refractivity contribution in [3.8, 4) is 22.7 Å². The minimum absolute atomic E-state index is 0.0198. The zero-order valence-electron chi connectivity index (χ0n) is 18.2. The van der Waals surface area contributed by atoms with Gasteiger partial charge in [-0.3, -0.25) is 9.36 Å². The van der Waals surface area contributed by atoms with E-state index in [9.17, 15) is 13.2 Å². The minimum atomic E-state index is -3.79. The number of nitrogens with one attached hydrogen (secondary N) is 1. The van der Waals surface area contributed by atoms with Gasteiger partial charge in [0.25, 0.3) is 0 Å². The van der Waals surface area contributed by atoms with E-state index in [1.165, 1.54) is 36.0 Å². The van der Waals surface area contributed by atoms with Gasteiger partial charge in [-0.2, -0.15) is 0 Å². The maximum atomic E-state index is 12.6. The number of sulfonamides is 1. The Kier molecular flexibility index (Phi) is 7.01. The van der Waals surface area contributed by atoms with Gasteiger partial charge in [-0.1, -0.05) is 48.2 Å². The van der Waals surface area contributed by atoms with Gasteiger partial charge in [-0.25, -0.2) is 18.5 Å². The minimum Gasteiger partial charge on any atom is -0.497 e. The Balaban J connectivity index is 1.56. The fourth-order valence-corrected chi connectivity index (χ4v) is 4.61. The first kappa shape index (κ1) is 23.6. The number of nitrogens with two attached hydrogens (primary N) is 1. The highest BCUT2D eigenvalue weighted by atomic mass is 32.2. The van der Waals surface area contributed by atoms with Crippen LogP contribution >= 0.6 is 11.8 Å². The Morgan fingerprint density at radius 1 is 1.06 bits per heavy atom. The molecule has 1 heterocycles. The van der Waals surface area contributed by atoms with Crippen molar-refractivity contribution in [3.63, 3.8) is 0 Å². The van der Waals surface area contributed by atoms with Crippen molar-refractivity contribution in [2.75, 3.05) is 18.2 Å². The molecule has 0 atom stereocenters. The van der Waals surface area contributed by atoms with Crippen LogP contribution in [-0.2, 0) is 14.8 Å². The van der Waals surface area contributed by atoms with Crippen LogP contribution in [0.2, 0.25) is 0 Å². The fraction of sp³-hybridized carbons (Fsp3) is 0.0833. The zero-order valence-corrected chi connectivity index (χ0v) is 19.8. The molecule has 4 aromatic rings. The van der Waals surface area contributed by atoms with Crippen molar-refractivity contribution in [1.82, 2.24) is 9.55 Å². The Morgan fingerprint density at radius 3 is 2.47 bits per heavy atom. The van der Waals surface area contributed by atoms with Gasteiger partial charge in [0.2, 0.25) is 15.9 Å². The number of hydrogen-bond donors (Lipinski definition) is 2. The van der Waals surface area contributed by atoms with Crippen LogP contribution in [0.15, 0.2) is 95.1 Å². The maximum Gasteiger partial charge on any atom is 0.238 e. The van der Waals surface area contributed by atoms with E-state index >= 15 is 0 Å². The summed E-state index contributed by atoms with van der Waals surface area (Å²) in [6.45, 7) is 0. The quantitative estimate of drug-likeness (QED) is 0.359. The van der Waals surface area contributed by atoms with E-state index in [0.29, 0.717) is 16.6 Å². The molecule has 0 aliphatic rings. The van der Waals surface area contributed by atoms with Crippen LogP contribution < -0.4 is 15.2 Å². The standard InChI is InChI=1S/C24H22N4O4S2/c1-32-20-9-5-8-19(14-20)28-22(17-6-3-2-4-7-17)15-26-24(28)33-16-23(29)27-18-10-12-21(13-11-18)34(25,30)31/h2-15H,16H2,1H3,(H,27,29)(H2,25,30,31). The number of carbonyl (C=O) groups excluding carboxylic acids is 1. The molecule has 1 amide bonds. The van der Waals surface area contributed by atoms with Gasteiger partial charge in [0.15, 0.2) is 5.16 Å². The summed E-state index contributed by atoms with van der Waals surface area (Å²) >= 11 is 1.29. The molecule has 8 nitrogen and oxygen atoms in total. The van der Waals surface area contributed by atoms with Gasteiger partial charge >= 0.3 is 0 Å². The second-order valence-electron chi connectivity index (χ2n) is 7.24. The Bertz CT molecular complexity index is 1400. The summed E-state index contributed by atoms with van der Waals surface area (Å²) in [7, 11) is -2.18. The summed E-state index contributed by atoms with van der Waals surface area (Å²) in [6, 6.07) is 23.2. The van der Waals surface area contributed by atoms with Crippen LogP contribution in [0.4, 0.5) is 5.69 Å². The first-order valence-electron chi connectivity index (χ1n) is 10.2. The summed E-state index contributed by atoms with van der Waals surface area (Å²) in [5.41, 5.74) is 3.20. The lowest BCUT2D eigenvalue weighted by molar-refractivity contribution is -0.113. The van der Waals surface area contributed by atoms with Crippen molar-refractivity contribution in [2.45, 2.75) is 10.1 Å². The van der Waals surface area contributed by atoms with Crippen LogP contribution in [0.1, 0.15) is 0 Å². The zero-order chi connectivity index (χ0) is 24.1. The number of carbonyl (C=O) groups is 1. The molecule has 0 unspecified atom stereocenters. The summed E-state index contributed by atoms with van der Waals surface area (Å²) in [6.07, 6.45) is 1.78. The Morgan fingerprint density at radius 2 is 1.79 bits per heavy atom. The maximum absolute atomic E-state index is 12.6. The molecule has 0 aliphatic heterocycles. The van der Waals surface area contributed by atoms with Gasteiger partial charge in [-0.05, 0) is 36.4 Å². The molecule has 0 saturated carbocycles. The van der Waals surface area contributed by atoms with Crippen LogP contribution in [0.25, 0.3) is 16.9 Å². The second kappa shape index (κ2) is 10.1. The molecule has 0 fully saturated rings. The van der Waals surface area contributed by atoms with E-state index in [-0.39, 0.29) is 16.6 Å². The monoisotopic (exact) mass is 494 g/mol. The molecule has 174 valence electrons. The van der Waals surface area contributed by atoms with E-state index in [1.54, 1.807) is 13.3 Å².